The molecule has 0 radical (unpaired) electrons. The number of hydrogen-bond acceptors (Lipinski definition) is 3. The number of anilines is 1. The van der Waals surface area contributed by atoms with E-state index >= 15 is 0 Å². The normalized spacial score (nSPS) is 10.4. The van der Waals surface area contributed by atoms with Crippen LogP contribution in [-0.2, 0) is 15.8 Å². The van der Waals surface area contributed by atoms with Crippen LogP contribution in [0.5, 0.6) is 0 Å². The van der Waals surface area contributed by atoms with Crippen molar-refractivity contribution >= 4 is 18.0 Å². The van der Waals surface area contributed by atoms with Crippen molar-refractivity contribution in [3.05, 3.63) is 42.0 Å². The number of rotatable bonds is 3. The van der Waals surface area contributed by atoms with Crippen LogP contribution in [0.3, 0.4) is 0 Å². The molecule has 1 aromatic rings. The number of nitriles is 1. The van der Waals surface area contributed by atoms with Gasteiger partial charge in [0.2, 0.25) is 6.41 Å². The number of benzene rings is 1. The Kier molecular flexibility index (Phi) is 4.07. The molecular weight excluding hydrogens is 261 g/mol. The Bertz CT molecular complexity index is 573. The second-order valence-corrected chi connectivity index (χ2v) is 3.36. The lowest BCUT2D eigenvalue weighted by Gasteiger charge is -2.16. The van der Waals surface area contributed by atoms with Gasteiger partial charge in [-0.3, -0.25) is 9.59 Å². The number of amides is 2. The molecule has 98 valence electrons. The van der Waals surface area contributed by atoms with E-state index in [1.165, 1.54) is 6.07 Å². The molecule has 2 amide bonds. The zero-order chi connectivity index (χ0) is 14.6. The maximum absolute atomic E-state index is 12.7. The van der Waals surface area contributed by atoms with Gasteiger partial charge >= 0.3 is 6.18 Å². The fourth-order valence-electron chi connectivity index (χ4n) is 1.35. The summed E-state index contributed by atoms with van der Waals surface area (Å²) >= 11 is 0. The molecule has 19 heavy (non-hydrogen) atoms. The summed E-state index contributed by atoms with van der Waals surface area (Å²) in [4.78, 5) is 22.5. The second kappa shape index (κ2) is 5.35. The number of nitrogens with zero attached hydrogens (tertiary/aromatic N) is 2. The van der Waals surface area contributed by atoms with Gasteiger partial charge in [-0.05, 0) is 24.3 Å². The summed E-state index contributed by atoms with van der Waals surface area (Å²) in [5.41, 5.74) is -2.09. The first-order valence-corrected chi connectivity index (χ1v) is 4.87. The summed E-state index contributed by atoms with van der Waals surface area (Å²) in [6.07, 6.45) is -3.89. The Labute approximate surface area is 106 Å². The number of carbonyl (C=O) groups excluding carboxylic acids is 2. The molecule has 1 rings (SSSR count). The maximum Gasteiger partial charge on any atom is 0.417 e. The van der Waals surface area contributed by atoms with Crippen LogP contribution in [0.2, 0.25) is 0 Å². The summed E-state index contributed by atoms with van der Waals surface area (Å²) in [7, 11) is 0. The van der Waals surface area contributed by atoms with Gasteiger partial charge in [0.05, 0.1) is 22.9 Å². The van der Waals surface area contributed by atoms with Gasteiger partial charge in [0.15, 0.2) is 0 Å². The molecule has 1 aromatic carbocycles. The number of imide groups is 1. The number of alkyl halides is 3. The van der Waals surface area contributed by atoms with Crippen molar-refractivity contribution in [2.75, 3.05) is 4.90 Å². The zero-order valence-corrected chi connectivity index (χ0v) is 9.44. The highest BCUT2D eigenvalue weighted by Gasteiger charge is 2.34. The van der Waals surface area contributed by atoms with Crippen molar-refractivity contribution < 1.29 is 22.8 Å². The van der Waals surface area contributed by atoms with E-state index in [2.05, 4.69) is 6.58 Å². The van der Waals surface area contributed by atoms with Gasteiger partial charge in [0, 0.05) is 0 Å². The van der Waals surface area contributed by atoms with Crippen molar-refractivity contribution in [3.8, 4) is 6.07 Å². The van der Waals surface area contributed by atoms with Crippen molar-refractivity contribution in [1.29, 1.82) is 5.26 Å². The van der Waals surface area contributed by atoms with E-state index in [4.69, 9.17) is 5.26 Å². The van der Waals surface area contributed by atoms with Gasteiger partial charge in [-0.15, -0.1) is 0 Å². The van der Waals surface area contributed by atoms with E-state index in [1.807, 2.05) is 0 Å². The monoisotopic (exact) mass is 268 g/mol. The van der Waals surface area contributed by atoms with Gasteiger partial charge in [0.25, 0.3) is 5.91 Å². The summed E-state index contributed by atoms with van der Waals surface area (Å²) in [6.45, 7) is 3.14. The van der Waals surface area contributed by atoms with Crippen LogP contribution in [0.4, 0.5) is 18.9 Å². The predicted molar refractivity (Wildman–Crippen MR) is 59.9 cm³/mol. The van der Waals surface area contributed by atoms with Crippen LogP contribution >= 0.6 is 0 Å². The van der Waals surface area contributed by atoms with Crippen molar-refractivity contribution in [2.24, 2.45) is 0 Å². The Balaban J connectivity index is 3.41. The van der Waals surface area contributed by atoms with Crippen LogP contribution < -0.4 is 4.90 Å². The molecule has 0 aliphatic carbocycles. The summed E-state index contributed by atoms with van der Waals surface area (Å²) in [5.74, 6) is -0.868. The van der Waals surface area contributed by atoms with Crippen LogP contribution in [0.15, 0.2) is 30.9 Å². The van der Waals surface area contributed by atoms with Crippen LogP contribution in [0.1, 0.15) is 11.1 Å². The van der Waals surface area contributed by atoms with Gasteiger partial charge in [-0.1, -0.05) is 6.58 Å². The lowest BCUT2D eigenvalue weighted by molar-refractivity contribution is -0.137. The molecule has 0 saturated carbocycles. The minimum atomic E-state index is -4.76. The number of carbonyl (C=O) groups is 2. The first-order chi connectivity index (χ1) is 8.85. The van der Waals surface area contributed by atoms with E-state index in [0.29, 0.717) is 11.0 Å². The highest BCUT2D eigenvalue weighted by Crippen LogP contribution is 2.34. The molecule has 0 atom stereocenters. The largest absolute Gasteiger partial charge is 0.417 e. The van der Waals surface area contributed by atoms with Gasteiger partial charge in [-0.2, -0.15) is 18.4 Å². The molecule has 0 spiro atoms. The van der Waals surface area contributed by atoms with Crippen LogP contribution in [0.25, 0.3) is 0 Å². The van der Waals surface area contributed by atoms with Crippen molar-refractivity contribution in [2.45, 2.75) is 6.18 Å². The molecule has 0 heterocycles. The molecule has 4 nitrogen and oxygen atoms in total. The highest BCUT2D eigenvalue weighted by molar-refractivity contribution is 6.12. The van der Waals surface area contributed by atoms with E-state index < -0.39 is 23.2 Å². The molecule has 0 bridgehead atoms. The lowest BCUT2D eigenvalue weighted by atomic mass is 10.1. The third kappa shape index (κ3) is 2.98. The molecule has 0 N–H and O–H groups in total. The third-order valence-corrected chi connectivity index (χ3v) is 2.22. The lowest BCUT2D eigenvalue weighted by Crippen LogP contribution is -2.27. The molecule has 0 aromatic heterocycles. The van der Waals surface area contributed by atoms with Crippen molar-refractivity contribution in [1.82, 2.24) is 0 Å². The minimum Gasteiger partial charge on any atom is -0.278 e. The molecule has 0 saturated heterocycles. The van der Waals surface area contributed by atoms with Gasteiger partial charge in [0.1, 0.15) is 0 Å². The first kappa shape index (κ1) is 14.4. The summed E-state index contributed by atoms with van der Waals surface area (Å²) in [5, 5.41) is 8.61. The molecule has 0 unspecified atom stereocenters. The molecular formula is C12H7F3N2O2. The van der Waals surface area contributed by atoms with E-state index in [1.54, 1.807) is 0 Å². The quantitative estimate of drug-likeness (QED) is 0.624. The third-order valence-electron chi connectivity index (χ3n) is 2.22. The van der Waals surface area contributed by atoms with Crippen LogP contribution in [-0.4, -0.2) is 12.3 Å². The fraction of sp³-hybridized carbons (Fsp3) is 0.0833. The van der Waals surface area contributed by atoms with Crippen molar-refractivity contribution in [3.63, 3.8) is 0 Å². The minimum absolute atomic E-state index is 0.0749. The van der Waals surface area contributed by atoms with Gasteiger partial charge in [-0.25, -0.2) is 4.90 Å². The maximum atomic E-state index is 12.7. The number of halogens is 3. The average molecular weight is 268 g/mol. The predicted octanol–water partition coefficient (Wildman–Crippen LogP) is 2.25. The zero-order valence-electron chi connectivity index (χ0n) is 9.44. The van der Waals surface area contributed by atoms with Crippen LogP contribution in [0, 0.1) is 11.3 Å². The first-order valence-electron chi connectivity index (χ1n) is 4.87. The number of hydrogen-bond donors (Lipinski definition) is 0. The molecule has 7 heteroatoms. The highest BCUT2D eigenvalue weighted by atomic mass is 19.4. The van der Waals surface area contributed by atoms with E-state index in [0.717, 1.165) is 18.2 Å². The smallest absolute Gasteiger partial charge is 0.278 e. The Morgan fingerprint density at radius 2 is 2.05 bits per heavy atom. The fourth-order valence-corrected chi connectivity index (χ4v) is 1.35. The molecule has 0 aliphatic rings. The van der Waals surface area contributed by atoms with E-state index in [-0.39, 0.29) is 12.1 Å². The summed E-state index contributed by atoms with van der Waals surface area (Å²) in [6, 6.07) is 3.93. The molecule has 0 aliphatic heterocycles. The van der Waals surface area contributed by atoms with E-state index in [9.17, 15) is 22.8 Å². The molecule has 0 fully saturated rings. The Morgan fingerprint density at radius 1 is 1.42 bits per heavy atom. The topological polar surface area (TPSA) is 61.2 Å². The summed E-state index contributed by atoms with van der Waals surface area (Å²) < 4.78 is 38.1. The second-order valence-electron chi connectivity index (χ2n) is 3.36. The Hall–Kier alpha value is -2.62. The Morgan fingerprint density at radius 3 is 2.47 bits per heavy atom. The van der Waals surface area contributed by atoms with Gasteiger partial charge < -0.3 is 0 Å². The SMILES string of the molecule is C=CC(=O)N(C=O)c1ccc(C#N)c(C(F)(F)F)c1. The standard InChI is InChI=1S/C12H7F3N2O2/c1-2-11(19)17(7-18)9-4-3-8(6-16)10(5-9)12(13,14)15/h2-5,7H,1H2. The average Bonchev–Trinajstić information content (AvgIpc) is 2.38.